The normalized spacial score (nSPS) is 11.3. The molecule has 0 aliphatic rings. The Balaban J connectivity index is 0. The molecule has 0 spiro atoms. The highest BCUT2D eigenvalue weighted by molar-refractivity contribution is 5.81. The lowest BCUT2D eigenvalue weighted by Gasteiger charge is -2.06. The van der Waals surface area contributed by atoms with E-state index in [1.807, 2.05) is 0 Å². The van der Waals surface area contributed by atoms with Gasteiger partial charge in [0.15, 0.2) is 0 Å². The first-order valence-corrected chi connectivity index (χ1v) is 7.00. The molecule has 0 saturated carbocycles. The smallest absolute Gasteiger partial charge is 0.330 e. The Morgan fingerprint density at radius 2 is 1.41 bits per heavy atom. The summed E-state index contributed by atoms with van der Waals surface area (Å²) in [7, 11) is 0. The lowest BCUT2D eigenvalue weighted by Crippen LogP contribution is -2.13. The minimum Gasteiger partial charge on any atom is -0.460 e. The van der Waals surface area contributed by atoms with Gasteiger partial charge in [-0.3, -0.25) is 0 Å². The second-order valence-corrected chi connectivity index (χ2v) is 3.96. The summed E-state index contributed by atoms with van der Waals surface area (Å²) in [6.45, 7) is 7.37. The number of ether oxygens (including phenoxy) is 4. The van der Waals surface area contributed by atoms with Crippen LogP contribution in [0.3, 0.4) is 0 Å². The Hall–Kier alpha value is -1.03. The van der Waals surface area contributed by atoms with Gasteiger partial charge in [-0.1, -0.05) is 6.58 Å². The predicted molar refractivity (Wildman–Crippen MR) is 79.5 cm³/mol. The van der Waals surface area contributed by atoms with E-state index in [-0.39, 0.29) is 19.8 Å². The molecule has 8 heteroatoms. The Bertz CT molecular complexity index is 245. The van der Waals surface area contributed by atoms with E-state index < -0.39 is 12.1 Å². The van der Waals surface area contributed by atoms with Crippen LogP contribution in [0.1, 0.15) is 6.92 Å². The molecule has 3 N–H and O–H groups in total. The van der Waals surface area contributed by atoms with Gasteiger partial charge in [0.2, 0.25) is 0 Å². The average Bonchev–Trinajstić information content (AvgIpc) is 2.52. The molecule has 0 heterocycles. The van der Waals surface area contributed by atoms with Crippen molar-refractivity contribution in [2.45, 2.75) is 13.0 Å². The van der Waals surface area contributed by atoms with Crippen molar-refractivity contribution in [3.63, 3.8) is 0 Å². The van der Waals surface area contributed by atoms with E-state index in [9.17, 15) is 4.79 Å². The molecule has 0 bridgehead atoms. The number of hydrogen-bond acceptors (Lipinski definition) is 8. The maximum atomic E-state index is 10.6. The molecule has 22 heavy (non-hydrogen) atoms. The number of esters is 1. The maximum absolute atomic E-state index is 10.6. The topological polar surface area (TPSA) is 115 Å². The molecule has 0 saturated heterocycles. The van der Waals surface area contributed by atoms with Crippen molar-refractivity contribution in [1.82, 2.24) is 0 Å². The van der Waals surface area contributed by atoms with Crippen molar-refractivity contribution in [3.8, 4) is 0 Å². The summed E-state index contributed by atoms with van der Waals surface area (Å²) in [4.78, 5) is 10.6. The summed E-state index contributed by atoms with van der Waals surface area (Å²) in [6, 6.07) is 0. The van der Waals surface area contributed by atoms with Gasteiger partial charge in [0, 0.05) is 6.08 Å². The highest BCUT2D eigenvalue weighted by atomic mass is 16.6. The highest BCUT2D eigenvalue weighted by Crippen LogP contribution is 1.83. The molecule has 0 aromatic heterocycles. The summed E-state index contributed by atoms with van der Waals surface area (Å²) >= 11 is 0. The molecule has 0 fully saturated rings. The molecule has 8 nitrogen and oxygen atoms in total. The zero-order chi connectivity index (χ0) is 17.1. The maximum Gasteiger partial charge on any atom is 0.330 e. The van der Waals surface area contributed by atoms with Crippen LogP contribution in [0.4, 0.5) is 0 Å². The molecule has 0 aromatic carbocycles. The van der Waals surface area contributed by atoms with Crippen LogP contribution in [0, 0.1) is 0 Å². The molecule has 0 aliphatic heterocycles. The van der Waals surface area contributed by atoms with E-state index in [0.717, 1.165) is 6.08 Å². The Labute approximate surface area is 131 Å². The van der Waals surface area contributed by atoms with Gasteiger partial charge in [-0.2, -0.15) is 0 Å². The third-order valence-electron chi connectivity index (χ3n) is 1.88. The first kappa shape index (κ1) is 23.2. The molecular formula is C14H28O8. The summed E-state index contributed by atoms with van der Waals surface area (Å²) in [5, 5.41) is 24.4. The number of carbonyl (C=O) groups is 1. The van der Waals surface area contributed by atoms with E-state index in [1.54, 1.807) is 0 Å². The molecule has 0 aromatic rings. The highest BCUT2D eigenvalue weighted by Gasteiger charge is 1.95. The summed E-state index contributed by atoms with van der Waals surface area (Å²) < 4.78 is 20.0. The SMILES string of the molecule is C=CC(=O)OCCOCCOCCOCCO.CC(O)CO. The van der Waals surface area contributed by atoms with Crippen molar-refractivity contribution in [2.75, 3.05) is 59.5 Å². The molecule has 132 valence electrons. The first-order chi connectivity index (χ1) is 10.6. The first-order valence-electron chi connectivity index (χ1n) is 7.00. The fourth-order valence-electron chi connectivity index (χ4n) is 0.867. The van der Waals surface area contributed by atoms with Crippen molar-refractivity contribution in [3.05, 3.63) is 12.7 Å². The summed E-state index contributed by atoms with van der Waals surface area (Å²) in [5.41, 5.74) is 0. The fraction of sp³-hybridized carbons (Fsp3) is 0.786. The number of aliphatic hydroxyl groups excluding tert-OH is 3. The van der Waals surface area contributed by atoms with E-state index in [4.69, 9.17) is 34.3 Å². The van der Waals surface area contributed by atoms with Crippen LogP contribution in [0.25, 0.3) is 0 Å². The Morgan fingerprint density at radius 1 is 1.00 bits per heavy atom. The molecular weight excluding hydrogens is 296 g/mol. The van der Waals surface area contributed by atoms with Crippen LogP contribution >= 0.6 is 0 Å². The van der Waals surface area contributed by atoms with Gasteiger partial charge in [0.25, 0.3) is 0 Å². The Morgan fingerprint density at radius 3 is 1.77 bits per heavy atom. The van der Waals surface area contributed by atoms with Gasteiger partial charge < -0.3 is 34.3 Å². The molecule has 0 radical (unpaired) electrons. The zero-order valence-electron chi connectivity index (χ0n) is 13.1. The quantitative estimate of drug-likeness (QED) is 0.227. The van der Waals surface area contributed by atoms with E-state index >= 15 is 0 Å². The number of aliphatic hydroxyl groups is 3. The van der Waals surface area contributed by atoms with Crippen molar-refractivity contribution >= 4 is 5.97 Å². The fourth-order valence-corrected chi connectivity index (χ4v) is 0.867. The second-order valence-electron chi connectivity index (χ2n) is 3.96. The third kappa shape index (κ3) is 24.0. The van der Waals surface area contributed by atoms with E-state index in [1.165, 1.54) is 6.92 Å². The predicted octanol–water partition coefficient (Wildman–Crippen LogP) is -0.883. The van der Waals surface area contributed by atoms with Crippen molar-refractivity contribution in [2.24, 2.45) is 0 Å². The van der Waals surface area contributed by atoms with Gasteiger partial charge in [0.1, 0.15) is 6.61 Å². The van der Waals surface area contributed by atoms with Crippen LogP contribution in [0.5, 0.6) is 0 Å². The molecule has 0 rings (SSSR count). The van der Waals surface area contributed by atoms with E-state index in [2.05, 4.69) is 6.58 Å². The van der Waals surface area contributed by atoms with Gasteiger partial charge in [0.05, 0.1) is 59.0 Å². The van der Waals surface area contributed by atoms with Crippen LogP contribution in [-0.2, 0) is 23.7 Å². The Kier molecular flexibility index (Phi) is 21.1. The van der Waals surface area contributed by atoms with E-state index in [0.29, 0.717) is 39.6 Å². The molecule has 1 atom stereocenters. The van der Waals surface area contributed by atoms with Crippen LogP contribution in [0.2, 0.25) is 0 Å². The summed E-state index contributed by atoms with van der Waals surface area (Å²) in [5.74, 6) is -0.453. The van der Waals surface area contributed by atoms with Crippen LogP contribution < -0.4 is 0 Å². The van der Waals surface area contributed by atoms with Gasteiger partial charge in [-0.25, -0.2) is 4.79 Å². The lowest BCUT2D eigenvalue weighted by atomic mass is 10.5. The minimum absolute atomic E-state index is 0.0204. The van der Waals surface area contributed by atoms with Crippen LogP contribution in [0.15, 0.2) is 12.7 Å². The number of rotatable bonds is 13. The third-order valence-corrected chi connectivity index (χ3v) is 1.88. The molecule has 0 amide bonds. The minimum atomic E-state index is -0.560. The average molecular weight is 324 g/mol. The molecule has 0 aliphatic carbocycles. The standard InChI is InChI=1S/C11H20O6.C3H8O2/c1-2-11(13)17-10-9-16-8-7-15-6-5-14-4-3-12;1-3(5)2-4/h2,12H,1,3-10H2;3-5H,2H2,1H3. The number of carbonyl (C=O) groups excluding carboxylic acids is 1. The van der Waals surface area contributed by atoms with Gasteiger partial charge in [-0.15, -0.1) is 0 Å². The monoisotopic (exact) mass is 324 g/mol. The zero-order valence-corrected chi connectivity index (χ0v) is 13.1. The van der Waals surface area contributed by atoms with Gasteiger partial charge in [-0.05, 0) is 6.92 Å². The van der Waals surface area contributed by atoms with Crippen molar-refractivity contribution in [1.29, 1.82) is 0 Å². The lowest BCUT2D eigenvalue weighted by molar-refractivity contribution is -0.139. The summed E-state index contributed by atoms with van der Waals surface area (Å²) in [6.07, 6.45) is 0.546. The number of hydrogen-bond donors (Lipinski definition) is 3. The second kappa shape index (κ2) is 20.0. The van der Waals surface area contributed by atoms with Crippen LogP contribution in [-0.4, -0.2) is 86.9 Å². The largest absolute Gasteiger partial charge is 0.460 e. The van der Waals surface area contributed by atoms with Gasteiger partial charge >= 0.3 is 5.97 Å². The molecule has 1 unspecified atom stereocenters. The van der Waals surface area contributed by atoms with Crippen molar-refractivity contribution < 1.29 is 39.1 Å².